The monoisotopic (exact) mass is 410 g/mol. The van der Waals surface area contributed by atoms with Crippen molar-refractivity contribution in [1.29, 1.82) is 0 Å². The van der Waals surface area contributed by atoms with Gasteiger partial charge in [0.2, 0.25) is 0 Å². The van der Waals surface area contributed by atoms with Crippen molar-refractivity contribution in [2.75, 3.05) is 0 Å². The molecule has 0 unspecified atom stereocenters. The topological polar surface area (TPSA) is 52.6 Å². The molecule has 0 spiro atoms. The minimum atomic E-state index is -0.373. The van der Waals surface area contributed by atoms with Crippen molar-refractivity contribution in [1.82, 2.24) is 0 Å². The smallest absolute Gasteiger partial charge is 0.331 e. The first-order valence-electron chi connectivity index (χ1n) is 10.7. The van der Waals surface area contributed by atoms with Gasteiger partial charge in [0.25, 0.3) is 0 Å². The first-order chi connectivity index (χ1) is 14.3. The van der Waals surface area contributed by atoms with E-state index in [1.54, 1.807) is 6.08 Å². The van der Waals surface area contributed by atoms with Crippen LogP contribution in [-0.2, 0) is 19.1 Å². The van der Waals surface area contributed by atoms with Gasteiger partial charge in [-0.2, -0.15) is 0 Å². The molecular formula is C26H34O4. The Kier molecular flexibility index (Phi) is 9.10. The van der Waals surface area contributed by atoms with Crippen LogP contribution in [-0.4, -0.2) is 24.1 Å². The Bertz CT molecular complexity index is 802. The summed E-state index contributed by atoms with van der Waals surface area (Å²) in [6.07, 6.45) is 9.14. The minimum Gasteiger partial charge on any atom is -0.458 e. The summed E-state index contributed by atoms with van der Waals surface area (Å²) in [7, 11) is 0. The molecule has 30 heavy (non-hydrogen) atoms. The fraction of sp³-hybridized carbons (Fsp3) is 0.462. The zero-order chi connectivity index (χ0) is 22.1. The van der Waals surface area contributed by atoms with Gasteiger partial charge in [-0.25, -0.2) is 4.79 Å². The fourth-order valence-corrected chi connectivity index (χ4v) is 3.72. The number of esters is 2. The van der Waals surface area contributed by atoms with E-state index in [2.05, 4.69) is 26.8 Å². The van der Waals surface area contributed by atoms with E-state index in [0.717, 1.165) is 24.0 Å². The Morgan fingerprint density at radius 3 is 2.43 bits per heavy atom. The maximum absolute atomic E-state index is 12.6. The van der Waals surface area contributed by atoms with Gasteiger partial charge < -0.3 is 9.47 Å². The average molecular weight is 411 g/mol. The van der Waals surface area contributed by atoms with Gasteiger partial charge in [0.05, 0.1) is 0 Å². The maximum Gasteiger partial charge on any atom is 0.331 e. The lowest BCUT2D eigenvalue weighted by molar-refractivity contribution is -0.146. The number of benzene rings is 1. The Morgan fingerprint density at radius 1 is 1.10 bits per heavy atom. The van der Waals surface area contributed by atoms with Gasteiger partial charge >= 0.3 is 11.9 Å². The van der Waals surface area contributed by atoms with Gasteiger partial charge in [-0.3, -0.25) is 4.79 Å². The third-order valence-electron chi connectivity index (χ3n) is 5.54. The lowest BCUT2D eigenvalue weighted by Crippen LogP contribution is -2.30. The molecule has 1 aromatic rings. The third kappa shape index (κ3) is 7.66. The van der Waals surface area contributed by atoms with E-state index in [4.69, 9.17) is 9.47 Å². The standard InChI is InChI=1S/C26H34O4/c1-18(2)23-14-11-19(3)12-15-24(29-21(5)27)20(4)17-25(23)30-26(28)16-13-22-9-7-6-8-10-22/h6-10,12-13,16-18,23-25H,11,14-15H2,1-5H3/t23-,24+,25-/m0/s1. The normalized spacial score (nSPS) is 22.9. The Hall–Kier alpha value is -2.62. The first-order valence-corrected chi connectivity index (χ1v) is 10.7. The summed E-state index contributed by atoms with van der Waals surface area (Å²) in [6, 6.07) is 9.67. The highest BCUT2D eigenvalue weighted by molar-refractivity contribution is 5.87. The zero-order valence-electron chi connectivity index (χ0n) is 18.8. The summed E-state index contributed by atoms with van der Waals surface area (Å²) in [4.78, 5) is 24.2. The Labute approximate surface area is 180 Å². The number of hydrogen-bond acceptors (Lipinski definition) is 4. The van der Waals surface area contributed by atoms with Crippen molar-refractivity contribution in [3.63, 3.8) is 0 Å². The van der Waals surface area contributed by atoms with Gasteiger partial charge in [0, 0.05) is 25.3 Å². The second-order valence-corrected chi connectivity index (χ2v) is 8.39. The lowest BCUT2D eigenvalue weighted by atomic mass is 9.83. The highest BCUT2D eigenvalue weighted by Crippen LogP contribution is 2.30. The molecular weight excluding hydrogens is 376 g/mol. The molecule has 4 heteroatoms. The van der Waals surface area contributed by atoms with Gasteiger partial charge in [-0.05, 0) is 55.9 Å². The summed E-state index contributed by atoms with van der Waals surface area (Å²) in [6.45, 7) is 9.78. The van der Waals surface area contributed by atoms with E-state index in [1.165, 1.54) is 18.6 Å². The molecule has 0 aromatic heterocycles. The molecule has 0 heterocycles. The number of allylic oxidation sites excluding steroid dienone is 1. The Morgan fingerprint density at radius 2 is 1.80 bits per heavy atom. The second kappa shape index (κ2) is 11.5. The van der Waals surface area contributed by atoms with Crippen LogP contribution in [0.3, 0.4) is 0 Å². The van der Waals surface area contributed by atoms with Crippen molar-refractivity contribution in [2.24, 2.45) is 11.8 Å². The van der Waals surface area contributed by atoms with Crippen molar-refractivity contribution in [2.45, 2.75) is 66.1 Å². The molecule has 162 valence electrons. The molecule has 1 aliphatic rings. The van der Waals surface area contributed by atoms with Crippen LogP contribution in [0.15, 0.2) is 59.7 Å². The maximum atomic E-state index is 12.6. The summed E-state index contributed by atoms with van der Waals surface area (Å²) in [5.74, 6) is -0.166. The van der Waals surface area contributed by atoms with Gasteiger partial charge in [0.1, 0.15) is 12.2 Å². The van der Waals surface area contributed by atoms with Gasteiger partial charge in [-0.15, -0.1) is 0 Å². The molecule has 3 atom stereocenters. The predicted octanol–water partition coefficient (Wildman–Crippen LogP) is 5.89. The van der Waals surface area contributed by atoms with E-state index < -0.39 is 0 Å². The summed E-state index contributed by atoms with van der Waals surface area (Å²) in [5.41, 5.74) is 3.12. The van der Waals surface area contributed by atoms with Crippen molar-refractivity contribution in [3.8, 4) is 0 Å². The van der Waals surface area contributed by atoms with Crippen molar-refractivity contribution >= 4 is 18.0 Å². The minimum absolute atomic E-state index is 0.174. The Balaban J connectivity index is 2.27. The molecule has 0 bridgehead atoms. The number of hydrogen-bond donors (Lipinski definition) is 0. The second-order valence-electron chi connectivity index (χ2n) is 8.39. The summed E-state index contributed by atoms with van der Waals surface area (Å²) >= 11 is 0. The number of carbonyl (C=O) groups excluding carboxylic acids is 2. The highest BCUT2D eigenvalue weighted by atomic mass is 16.5. The van der Waals surface area contributed by atoms with Gasteiger partial charge in [-0.1, -0.05) is 55.8 Å². The molecule has 0 saturated heterocycles. The van der Waals surface area contributed by atoms with Crippen LogP contribution in [0.1, 0.15) is 59.4 Å². The highest BCUT2D eigenvalue weighted by Gasteiger charge is 2.28. The van der Waals surface area contributed by atoms with Crippen LogP contribution in [0, 0.1) is 11.8 Å². The fourth-order valence-electron chi connectivity index (χ4n) is 3.72. The molecule has 0 aliphatic heterocycles. The van der Waals surface area contributed by atoms with E-state index in [1.807, 2.05) is 43.3 Å². The molecule has 2 rings (SSSR count). The zero-order valence-corrected chi connectivity index (χ0v) is 18.8. The molecule has 0 saturated carbocycles. The van der Waals surface area contributed by atoms with Crippen LogP contribution in [0.4, 0.5) is 0 Å². The summed E-state index contributed by atoms with van der Waals surface area (Å²) in [5, 5.41) is 0. The number of carbonyl (C=O) groups is 2. The molecule has 0 amide bonds. The average Bonchev–Trinajstić information content (AvgIpc) is 2.69. The van der Waals surface area contributed by atoms with E-state index in [0.29, 0.717) is 12.3 Å². The number of rotatable bonds is 5. The van der Waals surface area contributed by atoms with E-state index in [-0.39, 0.29) is 30.1 Å². The van der Waals surface area contributed by atoms with Crippen LogP contribution < -0.4 is 0 Å². The van der Waals surface area contributed by atoms with Gasteiger partial charge in [0.15, 0.2) is 0 Å². The molecule has 1 aromatic carbocycles. The molecule has 4 nitrogen and oxygen atoms in total. The predicted molar refractivity (Wildman–Crippen MR) is 121 cm³/mol. The molecule has 0 N–H and O–H groups in total. The van der Waals surface area contributed by atoms with E-state index in [9.17, 15) is 9.59 Å². The molecule has 0 fully saturated rings. The van der Waals surface area contributed by atoms with Crippen LogP contribution in [0.5, 0.6) is 0 Å². The largest absolute Gasteiger partial charge is 0.458 e. The van der Waals surface area contributed by atoms with Crippen LogP contribution >= 0.6 is 0 Å². The van der Waals surface area contributed by atoms with Crippen molar-refractivity contribution < 1.29 is 19.1 Å². The van der Waals surface area contributed by atoms with Crippen LogP contribution in [0.25, 0.3) is 6.08 Å². The molecule has 0 radical (unpaired) electrons. The van der Waals surface area contributed by atoms with E-state index >= 15 is 0 Å². The quantitative estimate of drug-likeness (QED) is 0.345. The molecule has 1 aliphatic carbocycles. The number of ether oxygens (including phenoxy) is 2. The summed E-state index contributed by atoms with van der Waals surface area (Å²) < 4.78 is 11.4. The lowest BCUT2D eigenvalue weighted by Gasteiger charge is -2.30. The van der Waals surface area contributed by atoms with Crippen molar-refractivity contribution in [3.05, 3.63) is 65.3 Å². The van der Waals surface area contributed by atoms with Crippen LogP contribution in [0.2, 0.25) is 0 Å². The SMILES string of the molecule is CC(=O)O[C@@H]1CC=C(C)CC[C@@H](C(C)C)[C@@H](OC(=O)C=Cc2ccccc2)C=C1C. The first kappa shape index (κ1) is 23.7. The third-order valence-corrected chi connectivity index (χ3v) is 5.54.